The summed E-state index contributed by atoms with van der Waals surface area (Å²) in [5.41, 5.74) is 0.413. The first-order chi connectivity index (χ1) is 11.0. The summed E-state index contributed by atoms with van der Waals surface area (Å²) in [5, 5.41) is 12.5. The second kappa shape index (κ2) is 7.57. The van der Waals surface area contributed by atoms with Crippen molar-refractivity contribution in [3.8, 4) is 0 Å². The molecule has 0 spiro atoms. The maximum Gasteiger partial charge on any atom is 0.471 e. The lowest BCUT2D eigenvalue weighted by Gasteiger charge is -2.15. The van der Waals surface area contributed by atoms with Crippen LogP contribution in [0.1, 0.15) is 23.7 Å². The highest BCUT2D eigenvalue weighted by Gasteiger charge is 2.41. The number of halogens is 3. The summed E-state index contributed by atoms with van der Waals surface area (Å²) in [6.45, 7) is 1.28. The number of hydrogen-bond acceptors (Lipinski definition) is 4. The molecule has 24 heavy (non-hydrogen) atoms. The molecule has 0 fully saturated rings. The Morgan fingerprint density at radius 2 is 1.67 bits per heavy atom. The number of anilines is 1. The standard InChI is InChI=1S/C14H13F3N2O5/c1-7(20)18-9-4-2-8(3-5-9)11(21)6-10(12(22)23)19-13(24)14(15,16)17/h2-5,10H,6H2,1H3,(H,18,20)(H,19,24)(H,22,23)/t10-/m1/s1. The van der Waals surface area contributed by atoms with E-state index in [4.69, 9.17) is 5.11 Å². The molecule has 0 radical (unpaired) electrons. The van der Waals surface area contributed by atoms with Gasteiger partial charge in [0.1, 0.15) is 6.04 Å². The van der Waals surface area contributed by atoms with Crippen molar-refractivity contribution in [3.05, 3.63) is 29.8 Å². The lowest BCUT2D eigenvalue weighted by Crippen LogP contribution is -2.47. The van der Waals surface area contributed by atoms with E-state index in [0.29, 0.717) is 5.69 Å². The van der Waals surface area contributed by atoms with Gasteiger partial charge in [0.25, 0.3) is 0 Å². The summed E-state index contributed by atoms with van der Waals surface area (Å²) in [6.07, 6.45) is -6.10. The number of Topliss-reactive ketones (excluding diaryl/α,β-unsaturated/α-hetero) is 1. The number of carbonyl (C=O) groups excluding carboxylic acids is 3. The molecular weight excluding hydrogens is 333 g/mol. The van der Waals surface area contributed by atoms with Crippen LogP contribution < -0.4 is 10.6 Å². The van der Waals surface area contributed by atoms with Gasteiger partial charge in [0, 0.05) is 24.6 Å². The fourth-order valence-electron chi connectivity index (χ4n) is 1.69. The molecule has 2 amide bonds. The summed E-state index contributed by atoms with van der Waals surface area (Å²) in [6, 6.07) is 3.29. The number of amides is 2. The molecule has 0 aliphatic rings. The van der Waals surface area contributed by atoms with E-state index in [1.54, 1.807) is 0 Å². The fraction of sp³-hybridized carbons (Fsp3) is 0.286. The molecule has 1 rings (SSSR count). The number of aliphatic carboxylic acids is 1. The predicted molar refractivity (Wildman–Crippen MR) is 75.3 cm³/mol. The van der Waals surface area contributed by atoms with Crippen molar-refractivity contribution in [2.75, 3.05) is 5.32 Å². The Labute approximate surface area is 133 Å². The molecule has 1 aromatic carbocycles. The average Bonchev–Trinajstić information content (AvgIpc) is 2.45. The molecule has 0 aromatic heterocycles. The normalized spacial score (nSPS) is 12.2. The molecule has 10 heteroatoms. The summed E-state index contributed by atoms with van der Waals surface area (Å²) in [5.74, 6) is -5.33. The van der Waals surface area contributed by atoms with Crippen molar-refractivity contribution < 1.29 is 37.5 Å². The highest BCUT2D eigenvalue weighted by atomic mass is 19.4. The molecule has 0 saturated carbocycles. The third kappa shape index (κ3) is 5.71. The molecule has 0 aliphatic carbocycles. The van der Waals surface area contributed by atoms with Gasteiger partial charge in [-0.05, 0) is 24.3 Å². The van der Waals surface area contributed by atoms with Gasteiger partial charge in [-0.15, -0.1) is 0 Å². The quantitative estimate of drug-likeness (QED) is 0.673. The van der Waals surface area contributed by atoms with E-state index in [1.165, 1.54) is 36.5 Å². The molecule has 0 heterocycles. The van der Waals surface area contributed by atoms with Crippen molar-refractivity contribution >= 4 is 29.3 Å². The van der Waals surface area contributed by atoms with Gasteiger partial charge in [-0.1, -0.05) is 0 Å². The molecule has 130 valence electrons. The second-order valence-corrected chi connectivity index (χ2v) is 4.75. The Morgan fingerprint density at radius 3 is 2.08 bits per heavy atom. The van der Waals surface area contributed by atoms with Crippen LogP contribution in [0.15, 0.2) is 24.3 Å². The zero-order valence-electron chi connectivity index (χ0n) is 12.3. The van der Waals surface area contributed by atoms with Crippen molar-refractivity contribution in [3.63, 3.8) is 0 Å². The molecule has 1 aromatic rings. The first-order valence-corrected chi connectivity index (χ1v) is 6.52. The number of carboxylic acid groups (broad SMARTS) is 1. The minimum atomic E-state index is -5.25. The highest BCUT2D eigenvalue weighted by molar-refractivity contribution is 6.00. The highest BCUT2D eigenvalue weighted by Crippen LogP contribution is 2.16. The lowest BCUT2D eigenvalue weighted by molar-refractivity contribution is -0.175. The molecular formula is C14H13F3N2O5. The van der Waals surface area contributed by atoms with Gasteiger partial charge < -0.3 is 15.7 Å². The van der Waals surface area contributed by atoms with E-state index in [2.05, 4.69) is 5.32 Å². The van der Waals surface area contributed by atoms with Crippen LogP contribution in [0.4, 0.5) is 18.9 Å². The Bertz CT molecular complexity index is 655. The summed E-state index contributed by atoms with van der Waals surface area (Å²) in [4.78, 5) is 44.5. The monoisotopic (exact) mass is 346 g/mol. The first-order valence-electron chi connectivity index (χ1n) is 6.52. The van der Waals surface area contributed by atoms with Crippen LogP contribution >= 0.6 is 0 Å². The molecule has 1 atom stereocenters. The number of ketones is 1. The molecule has 7 nitrogen and oxygen atoms in total. The van der Waals surface area contributed by atoms with Crippen molar-refractivity contribution in [1.29, 1.82) is 0 Å². The molecule has 0 unspecified atom stereocenters. The van der Waals surface area contributed by atoms with E-state index in [9.17, 15) is 32.3 Å². The SMILES string of the molecule is CC(=O)Nc1ccc(C(=O)C[C@@H](NC(=O)C(F)(F)F)C(=O)O)cc1. The largest absolute Gasteiger partial charge is 0.480 e. The number of benzene rings is 1. The number of alkyl halides is 3. The Hall–Kier alpha value is -2.91. The third-order valence-corrected chi connectivity index (χ3v) is 2.78. The zero-order valence-corrected chi connectivity index (χ0v) is 12.3. The van der Waals surface area contributed by atoms with Crippen LogP contribution in [-0.2, 0) is 14.4 Å². The zero-order chi connectivity index (χ0) is 18.5. The topological polar surface area (TPSA) is 113 Å². The number of carboxylic acids is 1. The lowest BCUT2D eigenvalue weighted by atomic mass is 10.0. The maximum atomic E-state index is 12.2. The van der Waals surface area contributed by atoms with Gasteiger partial charge in [0.15, 0.2) is 5.78 Å². The van der Waals surface area contributed by atoms with Gasteiger partial charge in [-0.25, -0.2) is 4.79 Å². The van der Waals surface area contributed by atoms with Crippen LogP contribution in [-0.4, -0.2) is 40.9 Å². The summed E-state index contributed by atoms with van der Waals surface area (Å²) >= 11 is 0. The molecule has 0 aliphatic heterocycles. The molecule has 3 N–H and O–H groups in total. The van der Waals surface area contributed by atoms with Gasteiger partial charge >= 0.3 is 18.1 Å². The van der Waals surface area contributed by atoms with Gasteiger partial charge in [-0.3, -0.25) is 14.4 Å². The third-order valence-electron chi connectivity index (χ3n) is 2.78. The first kappa shape index (κ1) is 19.1. The predicted octanol–water partition coefficient (Wildman–Crippen LogP) is 1.35. The minimum absolute atomic E-state index is 0.0246. The molecule has 0 saturated heterocycles. The van der Waals surface area contributed by atoms with E-state index >= 15 is 0 Å². The number of rotatable bonds is 6. The van der Waals surface area contributed by atoms with E-state index < -0.39 is 36.3 Å². The van der Waals surface area contributed by atoms with Crippen molar-refractivity contribution in [1.82, 2.24) is 5.32 Å². The van der Waals surface area contributed by atoms with Crippen LogP contribution in [0.2, 0.25) is 0 Å². The average molecular weight is 346 g/mol. The molecule has 0 bridgehead atoms. The van der Waals surface area contributed by atoms with Crippen molar-refractivity contribution in [2.24, 2.45) is 0 Å². The minimum Gasteiger partial charge on any atom is -0.480 e. The number of nitrogens with one attached hydrogen (secondary N) is 2. The van der Waals surface area contributed by atoms with Gasteiger partial charge in [0.05, 0.1) is 0 Å². The number of carbonyl (C=O) groups is 4. The Morgan fingerprint density at radius 1 is 1.12 bits per heavy atom. The van der Waals surface area contributed by atoms with E-state index in [-0.39, 0.29) is 11.5 Å². The maximum absolute atomic E-state index is 12.2. The Balaban J connectivity index is 2.80. The van der Waals surface area contributed by atoms with Crippen LogP contribution in [0.25, 0.3) is 0 Å². The van der Waals surface area contributed by atoms with E-state index in [0.717, 1.165) is 0 Å². The summed E-state index contributed by atoms with van der Waals surface area (Å²) < 4.78 is 36.5. The van der Waals surface area contributed by atoms with Crippen molar-refractivity contribution in [2.45, 2.75) is 25.6 Å². The number of hydrogen-bond donors (Lipinski definition) is 3. The van der Waals surface area contributed by atoms with Gasteiger partial charge in [-0.2, -0.15) is 13.2 Å². The van der Waals surface area contributed by atoms with Crippen LogP contribution in [0.5, 0.6) is 0 Å². The summed E-state index contributed by atoms with van der Waals surface area (Å²) in [7, 11) is 0. The smallest absolute Gasteiger partial charge is 0.471 e. The van der Waals surface area contributed by atoms with E-state index in [1.807, 2.05) is 0 Å². The second-order valence-electron chi connectivity index (χ2n) is 4.75. The fourth-order valence-corrected chi connectivity index (χ4v) is 1.69. The van der Waals surface area contributed by atoms with Crippen LogP contribution in [0.3, 0.4) is 0 Å². The van der Waals surface area contributed by atoms with Crippen LogP contribution in [0, 0.1) is 0 Å². The van der Waals surface area contributed by atoms with Gasteiger partial charge in [0.2, 0.25) is 5.91 Å². The Kier molecular flexibility index (Phi) is 6.04.